The van der Waals surface area contributed by atoms with E-state index < -0.39 is 5.82 Å². The molecule has 0 amide bonds. The van der Waals surface area contributed by atoms with Gasteiger partial charge in [0.2, 0.25) is 23.0 Å². The number of aromatic hydroxyl groups is 5. The van der Waals surface area contributed by atoms with Gasteiger partial charge in [0.05, 0.1) is 154 Å². The van der Waals surface area contributed by atoms with Crippen LogP contribution in [0.25, 0.3) is 48.6 Å². The number of hydrogen-bond acceptors (Lipinski definition) is 30. The highest BCUT2D eigenvalue weighted by atomic mass is 35.5. The molecule has 149 heavy (non-hydrogen) atoms. The van der Waals surface area contributed by atoms with E-state index in [1.54, 1.807) is 180 Å². The minimum atomic E-state index is -0.619. The van der Waals surface area contributed by atoms with Crippen molar-refractivity contribution in [3.8, 4) is 149 Å². The first-order valence-electron chi connectivity index (χ1n) is 45.6. The number of phenolic OH excluding ortho intramolecular Hbond substituents is 5. The summed E-state index contributed by atoms with van der Waals surface area (Å²) in [6.07, 6.45) is 28.1. The van der Waals surface area contributed by atoms with Gasteiger partial charge in [-0.1, -0.05) is 109 Å². The highest BCUT2D eigenvalue weighted by molar-refractivity contribution is 6.32. The van der Waals surface area contributed by atoms with Crippen molar-refractivity contribution in [3.63, 3.8) is 0 Å². The molecule has 0 saturated heterocycles. The second kappa shape index (κ2) is 57.1. The highest BCUT2D eigenvalue weighted by Crippen LogP contribution is 2.46. The summed E-state index contributed by atoms with van der Waals surface area (Å²) < 4.78 is 126. The Bertz CT molecular complexity index is 6380. The van der Waals surface area contributed by atoms with Crippen LogP contribution in [-0.2, 0) is 25.7 Å². The predicted octanol–water partition coefficient (Wildman–Crippen LogP) is 22.9. The molecule has 0 spiro atoms. The lowest BCUT2D eigenvalue weighted by Crippen LogP contribution is -1.98. The zero-order chi connectivity index (χ0) is 109. The zero-order valence-corrected chi connectivity index (χ0v) is 87.2. The van der Waals surface area contributed by atoms with Crippen LogP contribution in [0.15, 0.2) is 218 Å². The molecule has 0 aliphatic carbocycles. The molecule has 0 saturated carbocycles. The SMILES string of the molecule is COc1ccc(C(=O)/C=C\Cc2c(/C=C\c3cc(OC)c(OC)c(OC)c3)ccc(OC)c2O)cc1Cl.COc1ccc(C(=O)/C=C\Cc2c(/C=C\c3cc(OC)c(OC)c(OC)c3)ccc(OC)c2O)cc1F.COc1ccc(C(=O)/C=C\Cc2c(/C=C\c3cc(OC)c(OC)c(OC)c3)ccc(OC)c2O)cc1O.COc1ccc(C(=O)/C=C\Cc2c(/C=C\c3cc(OC)c(OC)c(OC)c3)ccc(OC)c2O)cc1OC. The smallest absolute Gasteiger partial charge is 0.203 e. The van der Waals surface area contributed by atoms with Crippen LogP contribution in [0.1, 0.15) is 108 Å². The zero-order valence-electron chi connectivity index (χ0n) is 86.4. The molecule has 12 rings (SSSR count). The van der Waals surface area contributed by atoms with E-state index in [4.69, 9.17) is 111 Å². The van der Waals surface area contributed by atoms with E-state index in [1.165, 1.54) is 127 Å². The molecular formula is C117H120ClFO30. The third kappa shape index (κ3) is 29.8. The maximum absolute atomic E-state index is 14.0. The number of benzene rings is 12. The van der Waals surface area contributed by atoms with Crippen molar-refractivity contribution in [3.05, 3.63) is 318 Å². The summed E-state index contributed by atoms with van der Waals surface area (Å²) in [7, 11) is 31.8. The monoisotopic (exact) mass is 2060 g/mol. The number of allylic oxidation sites excluding steroid dienone is 8. The molecule has 0 heterocycles. The first-order chi connectivity index (χ1) is 72.0. The summed E-state index contributed by atoms with van der Waals surface area (Å²) in [5.74, 6) is 7.38. The Labute approximate surface area is 869 Å². The fraction of sp³-hybridized carbons (Fsp3) is 0.214. The van der Waals surface area contributed by atoms with Crippen LogP contribution in [0.3, 0.4) is 0 Å². The van der Waals surface area contributed by atoms with Crippen molar-refractivity contribution in [2.75, 3.05) is 149 Å². The number of ketones is 4. The number of carbonyl (C=O) groups excluding carboxylic acids is 4. The second-order valence-corrected chi connectivity index (χ2v) is 31.9. The van der Waals surface area contributed by atoms with Crippen molar-refractivity contribution in [1.29, 1.82) is 0 Å². The fourth-order valence-electron chi connectivity index (χ4n) is 15.2. The average molecular weight is 2060 g/mol. The average Bonchev–Trinajstić information content (AvgIpc) is 0.811. The standard InChI is InChI=1S/C30H32O8.C29H29ClO7.C29H29FO7.C29H30O8/c1-33-24-14-13-21(18-26(24)35-3)23(31)9-7-8-22-20(12-15-25(34-2)29(22)32)11-10-19-16-27(36-4)30(38-6)28(17-19)37-5;2*1-33-24-13-12-20(17-22(24)30)23(31)8-6-7-21-19(11-14-25(34-2)28(21)32)10-9-18-15-26(35-3)29(37-5)27(16-18)36-4;1-33-24-13-12-20(17-23(24)31)22(30)8-6-7-21-19(11-14-25(34-2)28(21)32)10-9-18-15-26(35-3)29(37-5)27(16-18)36-4/h7,9-18,32H,8H2,1-6H3;2*6,8-17,32H,7H2,1-5H3;6,8-17,31-32H,7H2,1-5H3/b9-7-,11-10-;3*8-6-,10-9-. The van der Waals surface area contributed by atoms with Gasteiger partial charge in [0.15, 0.2) is 150 Å². The lowest BCUT2D eigenvalue weighted by Gasteiger charge is -2.13. The van der Waals surface area contributed by atoms with Crippen molar-refractivity contribution in [2.24, 2.45) is 0 Å². The van der Waals surface area contributed by atoms with Gasteiger partial charge in [0, 0.05) is 44.5 Å². The van der Waals surface area contributed by atoms with E-state index in [-0.39, 0.29) is 94.6 Å². The van der Waals surface area contributed by atoms with Gasteiger partial charge in [0.25, 0.3) is 0 Å². The predicted molar refractivity (Wildman–Crippen MR) is 573 cm³/mol. The van der Waals surface area contributed by atoms with Gasteiger partial charge in [-0.3, -0.25) is 19.2 Å². The lowest BCUT2D eigenvalue weighted by atomic mass is 10.00. The molecule has 12 aromatic carbocycles. The van der Waals surface area contributed by atoms with Crippen LogP contribution in [0.4, 0.5) is 4.39 Å². The third-order valence-electron chi connectivity index (χ3n) is 22.9. The van der Waals surface area contributed by atoms with E-state index in [9.17, 15) is 49.1 Å². The van der Waals surface area contributed by atoms with Crippen molar-refractivity contribution >= 4 is 83.3 Å². The molecule has 0 bridgehead atoms. The fourth-order valence-corrected chi connectivity index (χ4v) is 15.4. The minimum absolute atomic E-state index is 0.000803. The van der Waals surface area contributed by atoms with Crippen LogP contribution in [0.2, 0.25) is 5.02 Å². The molecule has 32 heteroatoms. The first-order valence-corrected chi connectivity index (χ1v) is 45.9. The van der Waals surface area contributed by atoms with E-state index in [0.717, 1.165) is 45.0 Å². The molecule has 0 atom stereocenters. The molecule has 0 radical (unpaired) electrons. The molecule has 0 aliphatic rings. The lowest BCUT2D eigenvalue weighted by molar-refractivity contribution is 0.103. The molecule has 0 aromatic heterocycles. The van der Waals surface area contributed by atoms with Crippen molar-refractivity contribution < 1.29 is 149 Å². The first kappa shape index (κ1) is 115. The summed E-state index contributed by atoms with van der Waals surface area (Å²) in [5, 5.41) is 53.5. The quantitative estimate of drug-likeness (QED) is 0.0134. The molecule has 5 N–H and O–H groups in total. The number of carbonyl (C=O) groups is 4. The number of rotatable bonds is 45. The Hall–Kier alpha value is -17.7. The molecule has 0 unspecified atom stereocenters. The third-order valence-corrected chi connectivity index (χ3v) is 23.2. The van der Waals surface area contributed by atoms with Crippen LogP contribution in [0.5, 0.6) is 149 Å². The molecular weight excluding hydrogens is 1940 g/mol. The number of ether oxygens (including phenoxy) is 21. The maximum atomic E-state index is 14.0. The van der Waals surface area contributed by atoms with E-state index in [1.807, 2.05) is 103 Å². The van der Waals surface area contributed by atoms with Gasteiger partial charge in [-0.25, -0.2) is 4.39 Å². The summed E-state index contributed by atoms with van der Waals surface area (Å²) in [6, 6.07) is 46.8. The van der Waals surface area contributed by atoms with E-state index >= 15 is 0 Å². The van der Waals surface area contributed by atoms with Crippen LogP contribution >= 0.6 is 11.6 Å². The van der Waals surface area contributed by atoms with Crippen LogP contribution < -0.4 is 99.5 Å². The Morgan fingerprint density at radius 3 is 0.671 bits per heavy atom. The molecule has 0 fully saturated rings. The number of phenols is 5. The number of halogens is 2. The second-order valence-electron chi connectivity index (χ2n) is 31.4. The summed E-state index contributed by atoms with van der Waals surface area (Å²) >= 11 is 6.14. The number of methoxy groups -OCH3 is 21. The van der Waals surface area contributed by atoms with E-state index in [0.29, 0.717) is 159 Å². The largest absolute Gasteiger partial charge is 0.504 e. The molecule has 0 aliphatic heterocycles. The Balaban J connectivity index is 0.000000221. The van der Waals surface area contributed by atoms with Crippen LogP contribution in [0, 0.1) is 5.82 Å². The van der Waals surface area contributed by atoms with Crippen molar-refractivity contribution in [2.45, 2.75) is 25.7 Å². The highest BCUT2D eigenvalue weighted by Gasteiger charge is 2.23. The van der Waals surface area contributed by atoms with Crippen LogP contribution in [-0.4, -0.2) is 198 Å². The van der Waals surface area contributed by atoms with Crippen molar-refractivity contribution in [1.82, 2.24) is 0 Å². The minimum Gasteiger partial charge on any atom is -0.504 e. The van der Waals surface area contributed by atoms with Gasteiger partial charge < -0.3 is 125 Å². The normalized spacial score (nSPS) is 11.1. The summed E-state index contributed by atoms with van der Waals surface area (Å²) in [4.78, 5) is 50.5. The van der Waals surface area contributed by atoms with Gasteiger partial charge in [-0.2, -0.15) is 0 Å². The Kier molecular flexibility index (Phi) is 44.0. The number of hydrogen-bond donors (Lipinski definition) is 5. The Morgan fingerprint density at radius 2 is 0.443 bits per heavy atom. The maximum Gasteiger partial charge on any atom is 0.203 e. The topological polar surface area (TPSA) is 363 Å². The molecule has 782 valence electrons. The van der Waals surface area contributed by atoms with Gasteiger partial charge in [0.1, 0.15) is 5.75 Å². The summed E-state index contributed by atoms with van der Waals surface area (Å²) in [5.41, 5.74) is 9.82. The van der Waals surface area contributed by atoms with Gasteiger partial charge in [-0.05, 0) is 240 Å². The summed E-state index contributed by atoms with van der Waals surface area (Å²) in [6.45, 7) is 0. The molecule has 30 nitrogen and oxygen atoms in total. The van der Waals surface area contributed by atoms with Gasteiger partial charge >= 0.3 is 0 Å². The molecule has 12 aromatic rings. The van der Waals surface area contributed by atoms with Gasteiger partial charge in [-0.15, -0.1) is 0 Å². The Morgan fingerprint density at radius 1 is 0.228 bits per heavy atom. The van der Waals surface area contributed by atoms with E-state index in [2.05, 4.69) is 0 Å².